The smallest absolute Gasteiger partial charge is 0.289 e. The number of Topliss-reactive ketones (excluding diaryl/α,β-unsaturated/α-hetero) is 1. The Labute approximate surface area is 325 Å². The zero-order chi connectivity index (χ0) is 39.7. The van der Waals surface area contributed by atoms with Crippen molar-refractivity contribution in [2.75, 3.05) is 19.6 Å². The molecular weight excluding hydrogens is 688 g/mol. The van der Waals surface area contributed by atoms with Crippen LogP contribution in [-0.4, -0.2) is 89.0 Å². The van der Waals surface area contributed by atoms with Gasteiger partial charge >= 0.3 is 0 Å². The van der Waals surface area contributed by atoms with Crippen molar-refractivity contribution in [2.45, 2.75) is 143 Å². The second-order valence-corrected chi connectivity index (χ2v) is 15.5. The van der Waals surface area contributed by atoms with Crippen LogP contribution in [0.25, 0.3) is 0 Å². The van der Waals surface area contributed by atoms with Gasteiger partial charge in [-0.3, -0.25) is 33.8 Å². The number of pyridine rings is 1. The fourth-order valence-corrected chi connectivity index (χ4v) is 6.83. The Morgan fingerprint density at radius 3 is 2.17 bits per heavy atom. The zero-order valence-corrected chi connectivity index (χ0v) is 33.2. The van der Waals surface area contributed by atoms with Crippen LogP contribution >= 0.6 is 0 Å². The molecule has 1 aromatic heterocycles. The van der Waals surface area contributed by atoms with Crippen molar-refractivity contribution >= 4 is 35.3 Å². The van der Waals surface area contributed by atoms with Gasteiger partial charge in [-0.1, -0.05) is 80.1 Å². The second kappa shape index (κ2) is 22.0. The summed E-state index contributed by atoms with van der Waals surface area (Å²) in [5.74, 6) is -3.39. The molecule has 1 saturated heterocycles. The van der Waals surface area contributed by atoms with Crippen molar-refractivity contribution < 1.29 is 33.0 Å². The molecule has 14 nitrogen and oxygen atoms in total. The maximum Gasteiger partial charge on any atom is 0.289 e. The number of unbranched alkanes of at least 4 members (excludes halogenated alkanes) is 1. The van der Waals surface area contributed by atoms with E-state index in [0.717, 1.165) is 37.7 Å². The van der Waals surface area contributed by atoms with Gasteiger partial charge in [-0.15, -0.1) is 0 Å². The summed E-state index contributed by atoms with van der Waals surface area (Å²) in [4.78, 5) is 86.5. The molecule has 2 aliphatic heterocycles. The molecule has 2 fully saturated rings. The Kier molecular flexibility index (Phi) is 17.9. The van der Waals surface area contributed by atoms with Gasteiger partial charge in [0.1, 0.15) is 23.8 Å². The van der Waals surface area contributed by atoms with E-state index in [1.165, 1.54) is 17.7 Å². The third-order valence-electron chi connectivity index (χ3n) is 10.1. The van der Waals surface area contributed by atoms with Gasteiger partial charge in [-0.05, 0) is 61.1 Å². The summed E-state index contributed by atoms with van der Waals surface area (Å²) < 4.78 is 0. The summed E-state index contributed by atoms with van der Waals surface area (Å²) in [6.45, 7) is 13.5. The third-order valence-corrected chi connectivity index (χ3v) is 10.1. The molecule has 0 aromatic carbocycles. The van der Waals surface area contributed by atoms with Crippen LogP contribution in [0.15, 0.2) is 36.4 Å². The number of nitrogens with one attached hydrogen (secondary N) is 6. The van der Waals surface area contributed by atoms with Gasteiger partial charge in [0.15, 0.2) is 0 Å². The fourth-order valence-electron chi connectivity index (χ4n) is 6.83. The first-order valence-electron chi connectivity index (χ1n) is 19.9. The Morgan fingerprint density at radius 1 is 0.889 bits per heavy atom. The summed E-state index contributed by atoms with van der Waals surface area (Å²) in [5.41, 5.74) is 0.397. The molecule has 4 atom stereocenters. The Morgan fingerprint density at radius 2 is 1.57 bits per heavy atom. The number of aromatic nitrogens is 1. The van der Waals surface area contributed by atoms with Gasteiger partial charge in [0.05, 0.1) is 6.04 Å². The standard InChI is InChI=1S/C36H54N8O6.C4H10.3H2/c1-5-10-25(29(45)34(49)40-21-23-14-16-37-17-15-23)41-32(47)27-13-9-20-44(27)35(50)30(36(2,3)4)43-33(48)28(24-11-7-6-8-12-24)42-31(46)26-22-38-18-19-39-26;1-3-4-2;;;/h14-17,22,24-25,27-28,30,38-39H,5-13,18-21H2,1-4H3,(H,40,49)(H,41,47)(H,42,46)(H,43,48);3-4H2,1-2H3;3*1H/t25-,27-,28-,30+;;;;/m0..../s1. The van der Waals surface area contributed by atoms with Crippen LogP contribution in [0.5, 0.6) is 0 Å². The SMILES string of the molecule is CCCC.CCC[C@H](NC(=O)[C@@H]1CCCN1C(=O)[C@@H](NC(=O)[C@@H](NC(=O)C1=CNCCN1)C1CCCCC1)C(C)(C)C)C(=O)C(=O)NCc1ccncc1.[HH].[HH].[HH]. The average molecular weight is 759 g/mol. The van der Waals surface area contributed by atoms with Gasteiger partial charge < -0.3 is 36.8 Å². The maximum absolute atomic E-state index is 14.3. The quantitative estimate of drug-likeness (QED) is 0.145. The van der Waals surface area contributed by atoms with E-state index in [-0.39, 0.29) is 29.1 Å². The van der Waals surface area contributed by atoms with Crippen LogP contribution in [0, 0.1) is 11.3 Å². The highest BCUT2D eigenvalue weighted by atomic mass is 16.2. The number of ketones is 1. The van der Waals surface area contributed by atoms with E-state index in [1.54, 1.807) is 30.7 Å². The van der Waals surface area contributed by atoms with E-state index >= 15 is 0 Å². The van der Waals surface area contributed by atoms with E-state index in [4.69, 9.17) is 0 Å². The van der Waals surface area contributed by atoms with Crippen LogP contribution < -0.4 is 31.9 Å². The van der Waals surface area contributed by atoms with Gasteiger partial charge in [0.25, 0.3) is 11.8 Å². The maximum atomic E-state index is 14.3. The predicted octanol–water partition coefficient (Wildman–Crippen LogP) is 3.72. The first-order chi connectivity index (χ1) is 25.8. The molecule has 0 unspecified atom stereocenters. The Hall–Kier alpha value is -4.49. The normalized spacial score (nSPS) is 18.9. The minimum absolute atomic E-state index is 0. The number of carbonyl (C=O) groups is 6. The van der Waals surface area contributed by atoms with Crippen molar-refractivity contribution in [1.29, 1.82) is 0 Å². The minimum atomic E-state index is -1.05. The van der Waals surface area contributed by atoms with E-state index in [2.05, 4.69) is 50.7 Å². The summed E-state index contributed by atoms with van der Waals surface area (Å²) in [6, 6.07) is -0.302. The fraction of sp³-hybridized carbons (Fsp3) is 0.675. The summed E-state index contributed by atoms with van der Waals surface area (Å²) >= 11 is 0. The molecule has 0 bridgehead atoms. The lowest BCUT2D eigenvalue weighted by Crippen LogP contribution is -2.62. The summed E-state index contributed by atoms with van der Waals surface area (Å²) in [7, 11) is 0. The molecule has 4 rings (SSSR count). The minimum Gasteiger partial charge on any atom is -0.387 e. The summed E-state index contributed by atoms with van der Waals surface area (Å²) in [5, 5.41) is 17.4. The van der Waals surface area contributed by atoms with E-state index in [0.29, 0.717) is 44.6 Å². The van der Waals surface area contributed by atoms with Crippen molar-refractivity contribution in [3.63, 3.8) is 0 Å². The zero-order valence-electron chi connectivity index (χ0n) is 33.2. The lowest BCUT2D eigenvalue weighted by Gasteiger charge is -2.37. The van der Waals surface area contributed by atoms with Crippen LogP contribution in [-0.2, 0) is 35.3 Å². The molecule has 0 radical (unpaired) electrons. The van der Waals surface area contributed by atoms with E-state index in [9.17, 15) is 28.8 Å². The van der Waals surface area contributed by atoms with Crippen molar-refractivity contribution in [1.82, 2.24) is 41.8 Å². The highest BCUT2D eigenvalue weighted by Gasteiger charge is 2.44. The average Bonchev–Trinajstić information content (AvgIpc) is 3.68. The van der Waals surface area contributed by atoms with Crippen molar-refractivity contribution in [3.8, 4) is 0 Å². The molecule has 6 N–H and O–H groups in total. The molecule has 306 valence electrons. The number of nitrogens with zero attached hydrogens (tertiary/aromatic N) is 2. The molecule has 3 aliphatic rings. The number of rotatable bonds is 15. The van der Waals surface area contributed by atoms with Crippen LogP contribution in [0.2, 0.25) is 0 Å². The number of likely N-dealkylation sites (tertiary alicyclic amines) is 1. The number of carbonyl (C=O) groups excluding carboxylic acids is 6. The molecule has 3 heterocycles. The van der Waals surface area contributed by atoms with E-state index in [1.807, 2.05) is 27.7 Å². The topological polar surface area (TPSA) is 191 Å². The summed E-state index contributed by atoms with van der Waals surface area (Å²) in [6.07, 6.45) is 13.7. The van der Waals surface area contributed by atoms with Gasteiger partial charge in [0, 0.05) is 49.1 Å². The first-order valence-corrected chi connectivity index (χ1v) is 19.9. The highest BCUT2D eigenvalue weighted by molar-refractivity contribution is 6.38. The second-order valence-electron chi connectivity index (χ2n) is 15.5. The highest BCUT2D eigenvalue weighted by Crippen LogP contribution is 2.29. The molecule has 14 heteroatoms. The van der Waals surface area contributed by atoms with Crippen molar-refractivity contribution in [2.24, 2.45) is 11.3 Å². The molecular formula is C40H70N8O6. The van der Waals surface area contributed by atoms with Crippen molar-refractivity contribution in [3.05, 3.63) is 42.0 Å². The third kappa shape index (κ3) is 13.1. The molecule has 0 spiro atoms. The lowest BCUT2D eigenvalue weighted by atomic mass is 9.82. The van der Waals surface area contributed by atoms with Crippen LogP contribution in [0.3, 0.4) is 0 Å². The van der Waals surface area contributed by atoms with Gasteiger partial charge in [-0.2, -0.15) is 0 Å². The number of hydrogen-bond acceptors (Lipinski definition) is 9. The lowest BCUT2D eigenvalue weighted by molar-refractivity contribution is -0.145. The largest absolute Gasteiger partial charge is 0.387 e. The Bertz CT molecular complexity index is 1450. The van der Waals surface area contributed by atoms with Crippen LogP contribution in [0.4, 0.5) is 0 Å². The molecule has 1 aromatic rings. The number of amides is 5. The monoisotopic (exact) mass is 759 g/mol. The first kappa shape index (κ1) is 43.9. The van der Waals surface area contributed by atoms with Crippen LogP contribution in [0.1, 0.15) is 122 Å². The predicted molar refractivity (Wildman–Crippen MR) is 214 cm³/mol. The number of hydrogen-bond donors (Lipinski definition) is 6. The van der Waals surface area contributed by atoms with Gasteiger partial charge in [-0.25, -0.2) is 0 Å². The van der Waals surface area contributed by atoms with Gasteiger partial charge in [0.2, 0.25) is 23.5 Å². The molecule has 5 amide bonds. The molecule has 1 saturated carbocycles. The Balaban J connectivity index is 0.00000427. The molecule has 54 heavy (non-hydrogen) atoms. The van der Waals surface area contributed by atoms with E-state index < -0.39 is 59.0 Å². The molecule has 1 aliphatic carbocycles.